The normalized spacial score (nSPS) is 13.7. The Hall–Kier alpha value is -0.910. The number of nitrogens with zero attached hydrogens (tertiary/aromatic N) is 1. The van der Waals surface area contributed by atoms with Crippen molar-refractivity contribution < 1.29 is 8.42 Å². The number of rotatable bonds is 7. The van der Waals surface area contributed by atoms with Gasteiger partial charge in [-0.1, -0.05) is 18.2 Å². The summed E-state index contributed by atoms with van der Waals surface area (Å²) < 4.78 is 22.4. The van der Waals surface area contributed by atoms with E-state index in [1.54, 1.807) is 0 Å². The summed E-state index contributed by atoms with van der Waals surface area (Å²) in [6.45, 7) is 5.56. The second-order valence-corrected chi connectivity index (χ2v) is 7.84. The molecular formula is C15H26N2O2S. The minimum Gasteiger partial charge on any atom is -0.312 e. The number of hydrogen-bond donors (Lipinski definition) is 1. The van der Waals surface area contributed by atoms with Crippen molar-refractivity contribution in [2.75, 3.05) is 39.2 Å². The molecule has 0 radical (unpaired) electrons. The van der Waals surface area contributed by atoms with Gasteiger partial charge < -0.3 is 10.2 Å². The Balaban J connectivity index is 2.69. The zero-order valence-corrected chi connectivity index (χ0v) is 13.9. The average Bonchev–Trinajstić information content (AvgIpc) is 2.36. The number of nitrogens with one attached hydrogen (secondary N) is 1. The molecule has 1 unspecified atom stereocenters. The van der Waals surface area contributed by atoms with Gasteiger partial charge in [-0.2, -0.15) is 0 Å². The van der Waals surface area contributed by atoms with Crippen molar-refractivity contribution in [3.05, 3.63) is 34.9 Å². The molecule has 114 valence electrons. The lowest BCUT2D eigenvalue weighted by molar-refractivity contribution is 0.311. The SMILES string of the molecule is CNC(CN(C)CCS(C)(=O)=O)c1ccc(C)c(C)c1. The summed E-state index contributed by atoms with van der Waals surface area (Å²) in [5.74, 6) is 0.201. The summed E-state index contributed by atoms with van der Waals surface area (Å²) in [6.07, 6.45) is 1.28. The summed E-state index contributed by atoms with van der Waals surface area (Å²) in [5, 5.41) is 3.30. The zero-order valence-electron chi connectivity index (χ0n) is 13.1. The maximum absolute atomic E-state index is 11.2. The van der Waals surface area contributed by atoms with Gasteiger partial charge >= 0.3 is 0 Å². The molecule has 1 N–H and O–H groups in total. The van der Waals surface area contributed by atoms with Crippen molar-refractivity contribution in [2.45, 2.75) is 19.9 Å². The van der Waals surface area contributed by atoms with E-state index in [0.29, 0.717) is 6.54 Å². The molecule has 0 aliphatic rings. The van der Waals surface area contributed by atoms with Crippen molar-refractivity contribution in [2.24, 2.45) is 0 Å². The Kier molecular flexibility index (Phi) is 6.17. The molecule has 1 rings (SSSR count). The van der Waals surface area contributed by atoms with Gasteiger partial charge in [-0.15, -0.1) is 0 Å². The van der Waals surface area contributed by atoms with E-state index in [0.717, 1.165) is 6.54 Å². The van der Waals surface area contributed by atoms with Crippen molar-refractivity contribution in [1.82, 2.24) is 10.2 Å². The maximum Gasteiger partial charge on any atom is 0.148 e. The van der Waals surface area contributed by atoms with E-state index < -0.39 is 9.84 Å². The number of benzene rings is 1. The quantitative estimate of drug-likeness (QED) is 0.829. The third kappa shape index (κ3) is 5.61. The molecule has 0 fully saturated rings. The van der Waals surface area contributed by atoms with Gasteiger partial charge in [-0.05, 0) is 44.6 Å². The van der Waals surface area contributed by atoms with E-state index in [9.17, 15) is 8.42 Å². The van der Waals surface area contributed by atoms with E-state index in [1.807, 2.05) is 14.1 Å². The first kappa shape index (κ1) is 17.1. The van der Waals surface area contributed by atoms with Crippen LogP contribution in [0.15, 0.2) is 18.2 Å². The summed E-state index contributed by atoms with van der Waals surface area (Å²) in [5.41, 5.74) is 3.80. The van der Waals surface area contributed by atoms with Crippen molar-refractivity contribution in [3.63, 3.8) is 0 Å². The molecule has 0 saturated carbocycles. The fraction of sp³-hybridized carbons (Fsp3) is 0.600. The van der Waals surface area contributed by atoms with Crippen LogP contribution in [0.4, 0.5) is 0 Å². The molecule has 0 aromatic heterocycles. The maximum atomic E-state index is 11.2. The van der Waals surface area contributed by atoms with Gasteiger partial charge in [0, 0.05) is 25.4 Å². The molecule has 5 heteroatoms. The fourth-order valence-electron chi connectivity index (χ4n) is 2.07. The van der Waals surface area contributed by atoms with E-state index in [2.05, 4.69) is 42.3 Å². The molecule has 0 bridgehead atoms. The van der Waals surface area contributed by atoms with Gasteiger partial charge in [-0.3, -0.25) is 0 Å². The van der Waals surface area contributed by atoms with Crippen molar-refractivity contribution >= 4 is 9.84 Å². The van der Waals surface area contributed by atoms with E-state index >= 15 is 0 Å². The Morgan fingerprint density at radius 3 is 2.40 bits per heavy atom. The Morgan fingerprint density at radius 2 is 1.90 bits per heavy atom. The number of aryl methyl sites for hydroxylation is 2. The Bertz CT molecular complexity index is 541. The van der Waals surface area contributed by atoms with Crippen molar-refractivity contribution in [3.8, 4) is 0 Å². The zero-order chi connectivity index (χ0) is 15.3. The summed E-state index contributed by atoms with van der Waals surface area (Å²) >= 11 is 0. The molecule has 0 aliphatic carbocycles. The van der Waals surface area contributed by atoms with Crippen LogP contribution in [0.25, 0.3) is 0 Å². The van der Waals surface area contributed by atoms with Gasteiger partial charge in [0.1, 0.15) is 9.84 Å². The Labute approximate surface area is 123 Å². The average molecular weight is 298 g/mol. The number of likely N-dealkylation sites (N-methyl/N-ethyl adjacent to an activating group) is 2. The topological polar surface area (TPSA) is 49.4 Å². The van der Waals surface area contributed by atoms with Gasteiger partial charge in [-0.25, -0.2) is 8.42 Å². The standard InChI is InChI=1S/C15H26N2O2S/c1-12-6-7-14(10-13(12)2)15(16-3)11-17(4)8-9-20(5,18)19/h6-7,10,15-16H,8-9,11H2,1-5H3. The lowest BCUT2D eigenvalue weighted by Crippen LogP contribution is -2.34. The van der Waals surface area contributed by atoms with Crippen LogP contribution in [0.3, 0.4) is 0 Å². The molecule has 0 spiro atoms. The lowest BCUT2D eigenvalue weighted by atomic mass is 10.0. The van der Waals surface area contributed by atoms with Crippen LogP contribution in [0.1, 0.15) is 22.7 Å². The number of hydrogen-bond acceptors (Lipinski definition) is 4. The Morgan fingerprint density at radius 1 is 1.25 bits per heavy atom. The van der Waals surface area contributed by atoms with Crippen LogP contribution < -0.4 is 5.32 Å². The van der Waals surface area contributed by atoms with E-state index in [1.165, 1.54) is 22.9 Å². The van der Waals surface area contributed by atoms with Gasteiger partial charge in [0.2, 0.25) is 0 Å². The third-order valence-corrected chi connectivity index (χ3v) is 4.54. The summed E-state index contributed by atoms with van der Waals surface area (Å²) in [7, 11) is 0.989. The smallest absolute Gasteiger partial charge is 0.148 e. The highest BCUT2D eigenvalue weighted by Gasteiger charge is 2.14. The minimum absolute atomic E-state index is 0.201. The second kappa shape index (κ2) is 7.20. The van der Waals surface area contributed by atoms with Crippen LogP contribution in [-0.4, -0.2) is 52.5 Å². The van der Waals surface area contributed by atoms with Crippen LogP contribution >= 0.6 is 0 Å². The highest BCUT2D eigenvalue weighted by Crippen LogP contribution is 2.17. The summed E-state index contributed by atoms with van der Waals surface area (Å²) in [6, 6.07) is 6.67. The first-order valence-electron chi connectivity index (χ1n) is 6.83. The molecule has 0 saturated heterocycles. The molecule has 0 amide bonds. The van der Waals surface area contributed by atoms with E-state index in [-0.39, 0.29) is 11.8 Å². The fourth-order valence-corrected chi connectivity index (χ4v) is 2.71. The van der Waals surface area contributed by atoms with Gasteiger partial charge in [0.15, 0.2) is 0 Å². The summed E-state index contributed by atoms with van der Waals surface area (Å²) in [4.78, 5) is 2.05. The van der Waals surface area contributed by atoms with Crippen LogP contribution in [0.5, 0.6) is 0 Å². The van der Waals surface area contributed by atoms with Crippen LogP contribution in [0, 0.1) is 13.8 Å². The highest BCUT2D eigenvalue weighted by molar-refractivity contribution is 7.90. The second-order valence-electron chi connectivity index (χ2n) is 5.58. The largest absolute Gasteiger partial charge is 0.312 e. The molecule has 1 aromatic carbocycles. The molecule has 1 aromatic rings. The molecule has 20 heavy (non-hydrogen) atoms. The molecule has 4 nitrogen and oxygen atoms in total. The first-order chi connectivity index (χ1) is 9.23. The molecule has 0 aliphatic heterocycles. The monoisotopic (exact) mass is 298 g/mol. The first-order valence-corrected chi connectivity index (χ1v) is 8.89. The predicted octanol–water partition coefficient (Wildman–Crippen LogP) is 1.54. The lowest BCUT2D eigenvalue weighted by Gasteiger charge is -2.24. The minimum atomic E-state index is -2.90. The predicted molar refractivity (Wildman–Crippen MR) is 84.9 cm³/mol. The third-order valence-electron chi connectivity index (χ3n) is 3.62. The van der Waals surface area contributed by atoms with Crippen LogP contribution in [-0.2, 0) is 9.84 Å². The molecular weight excluding hydrogens is 272 g/mol. The number of sulfone groups is 1. The van der Waals surface area contributed by atoms with Crippen molar-refractivity contribution in [1.29, 1.82) is 0 Å². The highest BCUT2D eigenvalue weighted by atomic mass is 32.2. The van der Waals surface area contributed by atoms with E-state index in [4.69, 9.17) is 0 Å². The molecule has 0 heterocycles. The van der Waals surface area contributed by atoms with Crippen LogP contribution in [0.2, 0.25) is 0 Å². The van der Waals surface area contributed by atoms with Gasteiger partial charge in [0.05, 0.1) is 5.75 Å². The molecule has 1 atom stereocenters. The van der Waals surface area contributed by atoms with Gasteiger partial charge in [0.25, 0.3) is 0 Å².